The van der Waals surface area contributed by atoms with E-state index < -0.39 is 0 Å². The molecule has 4 rings (SSSR count). The van der Waals surface area contributed by atoms with Gasteiger partial charge in [0.05, 0.1) is 0 Å². The minimum Gasteiger partial charge on any atom is -0.489 e. The van der Waals surface area contributed by atoms with Crippen LogP contribution in [0.1, 0.15) is 42.4 Å². The summed E-state index contributed by atoms with van der Waals surface area (Å²) in [6.07, 6.45) is 3.70. The van der Waals surface area contributed by atoms with E-state index in [2.05, 4.69) is 73.5 Å². The third kappa shape index (κ3) is 4.75. The van der Waals surface area contributed by atoms with Crippen molar-refractivity contribution >= 4 is 5.69 Å². The van der Waals surface area contributed by atoms with Gasteiger partial charge >= 0.3 is 0 Å². The minimum atomic E-state index is 0.413. The third-order valence-corrected chi connectivity index (χ3v) is 5.69. The summed E-state index contributed by atoms with van der Waals surface area (Å²) in [5.41, 5.74) is 5.27. The molecule has 2 nitrogen and oxygen atoms in total. The quantitative estimate of drug-likeness (QED) is 0.467. The van der Waals surface area contributed by atoms with Crippen LogP contribution in [-0.4, -0.2) is 13.1 Å². The van der Waals surface area contributed by atoms with Crippen LogP contribution in [0.25, 0.3) is 0 Å². The van der Waals surface area contributed by atoms with Crippen LogP contribution in [0.5, 0.6) is 5.75 Å². The zero-order chi connectivity index (χ0) is 19.3. The van der Waals surface area contributed by atoms with E-state index in [0.29, 0.717) is 12.6 Å². The first-order chi connectivity index (χ1) is 13.7. The Morgan fingerprint density at radius 2 is 1.61 bits per heavy atom. The van der Waals surface area contributed by atoms with E-state index >= 15 is 0 Å². The summed E-state index contributed by atoms with van der Waals surface area (Å²) in [4.78, 5) is 2.37. The van der Waals surface area contributed by atoms with Crippen molar-refractivity contribution < 1.29 is 4.74 Å². The fourth-order valence-electron chi connectivity index (χ4n) is 3.63. The lowest BCUT2D eigenvalue weighted by Gasteiger charge is -2.27. The van der Waals surface area contributed by atoms with Gasteiger partial charge in [-0.3, -0.25) is 0 Å². The number of ether oxygens (including phenoxy) is 1. The van der Waals surface area contributed by atoms with Crippen molar-refractivity contribution in [3.63, 3.8) is 0 Å². The Morgan fingerprint density at radius 1 is 0.893 bits per heavy atom. The van der Waals surface area contributed by atoms with Crippen LogP contribution in [0.4, 0.5) is 5.69 Å². The van der Waals surface area contributed by atoms with E-state index in [1.54, 1.807) is 0 Å². The zero-order valence-electron chi connectivity index (χ0n) is 16.8. The lowest BCUT2D eigenvalue weighted by atomic mass is 10.0. The van der Waals surface area contributed by atoms with Crippen LogP contribution >= 0.6 is 0 Å². The Labute approximate surface area is 168 Å². The fraction of sp³-hybridized carbons (Fsp3) is 0.308. The van der Waals surface area contributed by atoms with Crippen molar-refractivity contribution in [2.45, 2.75) is 44.8 Å². The molecule has 0 aromatic heterocycles. The molecule has 0 unspecified atom stereocenters. The van der Waals surface area contributed by atoms with Gasteiger partial charge in [0.1, 0.15) is 12.4 Å². The molecule has 1 atom stereocenters. The molecule has 3 aromatic rings. The lowest BCUT2D eigenvalue weighted by Crippen LogP contribution is -2.30. The van der Waals surface area contributed by atoms with E-state index in [1.807, 2.05) is 24.3 Å². The van der Waals surface area contributed by atoms with Crippen LogP contribution < -0.4 is 9.64 Å². The van der Waals surface area contributed by atoms with Gasteiger partial charge < -0.3 is 9.64 Å². The standard InChI is InChI=1S/C26H29NO/c1-20(27(2)25-15-13-24(14-16-25)23-11-12-23)17-22-9-6-10-26(18-22)28-19-21-7-4-3-5-8-21/h3-10,13-16,18,20,23H,11-12,17,19H2,1-2H3/t20-/m1/s1. The molecule has 1 saturated carbocycles. The predicted molar refractivity (Wildman–Crippen MR) is 117 cm³/mol. The molecule has 1 fully saturated rings. The molecule has 2 heteroatoms. The molecule has 1 aliphatic rings. The van der Waals surface area contributed by atoms with E-state index in [1.165, 1.54) is 35.2 Å². The highest BCUT2D eigenvalue weighted by Crippen LogP contribution is 2.40. The maximum absolute atomic E-state index is 5.99. The molecule has 0 spiro atoms. The summed E-state index contributed by atoms with van der Waals surface area (Å²) in [5.74, 6) is 1.75. The summed E-state index contributed by atoms with van der Waals surface area (Å²) in [6, 6.07) is 28.3. The fourth-order valence-corrected chi connectivity index (χ4v) is 3.63. The molecule has 0 aliphatic heterocycles. The van der Waals surface area contributed by atoms with Gasteiger partial charge in [-0.2, -0.15) is 0 Å². The monoisotopic (exact) mass is 371 g/mol. The molecule has 0 N–H and O–H groups in total. The molecule has 0 radical (unpaired) electrons. The van der Waals surface area contributed by atoms with Crippen molar-refractivity contribution in [1.29, 1.82) is 0 Å². The Balaban J connectivity index is 1.36. The second-order valence-electron chi connectivity index (χ2n) is 7.95. The highest BCUT2D eigenvalue weighted by atomic mass is 16.5. The molecule has 0 saturated heterocycles. The molecule has 0 amide bonds. The molecule has 0 bridgehead atoms. The first-order valence-corrected chi connectivity index (χ1v) is 10.3. The molecular weight excluding hydrogens is 342 g/mol. The number of likely N-dealkylation sites (N-methyl/N-ethyl adjacent to an activating group) is 1. The Morgan fingerprint density at radius 3 is 2.32 bits per heavy atom. The van der Waals surface area contributed by atoms with Gasteiger partial charge in [0.15, 0.2) is 0 Å². The van der Waals surface area contributed by atoms with Crippen molar-refractivity contribution in [3.05, 3.63) is 95.6 Å². The van der Waals surface area contributed by atoms with Crippen LogP contribution in [0.2, 0.25) is 0 Å². The van der Waals surface area contributed by atoms with Crippen LogP contribution in [0, 0.1) is 0 Å². The Kier molecular flexibility index (Phi) is 5.66. The Hall–Kier alpha value is -2.74. The normalized spacial score (nSPS) is 14.5. The van der Waals surface area contributed by atoms with Crippen molar-refractivity contribution in [3.8, 4) is 5.75 Å². The molecule has 1 aliphatic carbocycles. The smallest absolute Gasteiger partial charge is 0.120 e. The highest BCUT2D eigenvalue weighted by molar-refractivity contribution is 5.49. The first-order valence-electron chi connectivity index (χ1n) is 10.3. The molecular formula is C26H29NO. The predicted octanol–water partition coefficient (Wildman–Crippen LogP) is 6.21. The van der Waals surface area contributed by atoms with Gasteiger partial charge in [0.2, 0.25) is 0 Å². The van der Waals surface area contributed by atoms with Crippen molar-refractivity contribution in [2.24, 2.45) is 0 Å². The largest absolute Gasteiger partial charge is 0.489 e. The molecule has 3 aromatic carbocycles. The van der Waals surface area contributed by atoms with Crippen molar-refractivity contribution in [2.75, 3.05) is 11.9 Å². The number of nitrogens with zero attached hydrogens (tertiary/aromatic N) is 1. The SMILES string of the molecule is C[C@H](Cc1cccc(OCc2ccccc2)c1)N(C)c1ccc(C2CC2)cc1. The van der Waals surface area contributed by atoms with Gasteiger partial charge in [0, 0.05) is 18.8 Å². The number of anilines is 1. The Bertz CT molecular complexity index is 884. The second-order valence-corrected chi connectivity index (χ2v) is 7.95. The molecule has 28 heavy (non-hydrogen) atoms. The van der Waals surface area contributed by atoms with E-state index in [9.17, 15) is 0 Å². The van der Waals surface area contributed by atoms with Crippen LogP contribution in [-0.2, 0) is 13.0 Å². The highest BCUT2D eigenvalue weighted by Gasteiger charge is 2.23. The number of benzene rings is 3. The molecule has 0 heterocycles. The van der Waals surface area contributed by atoms with Crippen molar-refractivity contribution in [1.82, 2.24) is 0 Å². The summed E-state index contributed by atoms with van der Waals surface area (Å²) in [7, 11) is 2.19. The third-order valence-electron chi connectivity index (χ3n) is 5.69. The maximum atomic E-state index is 5.99. The number of hydrogen-bond donors (Lipinski definition) is 0. The second kappa shape index (κ2) is 8.52. The maximum Gasteiger partial charge on any atom is 0.120 e. The average molecular weight is 372 g/mol. The summed E-state index contributed by atoms with van der Waals surface area (Å²) >= 11 is 0. The van der Waals surface area contributed by atoms with Gasteiger partial charge in [-0.25, -0.2) is 0 Å². The van der Waals surface area contributed by atoms with Gasteiger partial charge in [-0.1, -0.05) is 54.6 Å². The van der Waals surface area contributed by atoms with Crippen LogP contribution in [0.15, 0.2) is 78.9 Å². The number of rotatable bonds is 8. The summed E-state index contributed by atoms with van der Waals surface area (Å²) in [5, 5.41) is 0. The minimum absolute atomic E-state index is 0.413. The van der Waals surface area contributed by atoms with E-state index in [0.717, 1.165) is 18.1 Å². The van der Waals surface area contributed by atoms with Gasteiger partial charge in [-0.15, -0.1) is 0 Å². The van der Waals surface area contributed by atoms with Gasteiger partial charge in [-0.05, 0) is 73.1 Å². The van der Waals surface area contributed by atoms with Gasteiger partial charge in [0.25, 0.3) is 0 Å². The lowest BCUT2D eigenvalue weighted by molar-refractivity contribution is 0.306. The zero-order valence-corrected chi connectivity index (χ0v) is 16.8. The summed E-state index contributed by atoms with van der Waals surface area (Å²) in [6.45, 7) is 2.89. The first kappa shape index (κ1) is 18.6. The molecule has 144 valence electrons. The van der Waals surface area contributed by atoms with E-state index in [-0.39, 0.29) is 0 Å². The average Bonchev–Trinajstić information content (AvgIpc) is 3.58. The van der Waals surface area contributed by atoms with Crippen LogP contribution in [0.3, 0.4) is 0 Å². The number of hydrogen-bond acceptors (Lipinski definition) is 2. The summed E-state index contributed by atoms with van der Waals surface area (Å²) < 4.78 is 5.99. The van der Waals surface area contributed by atoms with E-state index in [4.69, 9.17) is 4.74 Å². The topological polar surface area (TPSA) is 12.5 Å².